The molecular weight excluding hydrogens is 563 g/mol. The van der Waals surface area contributed by atoms with Gasteiger partial charge in [0.05, 0.1) is 26.8 Å². The number of rotatable bonds is 10. The predicted molar refractivity (Wildman–Crippen MR) is 154 cm³/mol. The summed E-state index contributed by atoms with van der Waals surface area (Å²) in [5.41, 5.74) is 3.12. The first kappa shape index (κ1) is 27.9. The second-order valence-corrected chi connectivity index (χ2v) is 9.90. The van der Waals surface area contributed by atoms with Crippen molar-refractivity contribution in [3.05, 3.63) is 105 Å². The number of ether oxygens (including phenoxy) is 1. The van der Waals surface area contributed by atoms with E-state index in [1.807, 2.05) is 36.4 Å². The number of anilines is 1. The third-order valence-corrected chi connectivity index (χ3v) is 6.82. The van der Waals surface area contributed by atoms with Gasteiger partial charge in [-0.25, -0.2) is 5.43 Å². The number of fused-ring (bicyclic) bond motifs is 1. The van der Waals surface area contributed by atoms with Gasteiger partial charge in [0.1, 0.15) is 5.75 Å². The molecule has 2 amide bonds. The van der Waals surface area contributed by atoms with Crippen molar-refractivity contribution in [1.29, 1.82) is 0 Å². The van der Waals surface area contributed by atoms with E-state index in [4.69, 9.17) is 27.9 Å². The second kappa shape index (κ2) is 13.1. The fourth-order valence-electron chi connectivity index (χ4n) is 3.43. The van der Waals surface area contributed by atoms with Crippen molar-refractivity contribution in [2.45, 2.75) is 4.90 Å². The number of hydrogen-bond acceptors (Lipinski definition) is 7. The Kier molecular flexibility index (Phi) is 9.37. The molecule has 198 valence electrons. The van der Waals surface area contributed by atoms with Crippen LogP contribution in [0.25, 0.3) is 10.8 Å². The number of thioether (sulfide) groups is 1. The van der Waals surface area contributed by atoms with Crippen LogP contribution in [-0.2, 0) is 9.59 Å². The van der Waals surface area contributed by atoms with Crippen molar-refractivity contribution in [2.75, 3.05) is 17.7 Å². The van der Waals surface area contributed by atoms with Crippen LogP contribution >= 0.6 is 35.0 Å². The number of halogens is 2. The van der Waals surface area contributed by atoms with E-state index < -0.39 is 10.8 Å². The first-order valence-electron chi connectivity index (χ1n) is 11.4. The summed E-state index contributed by atoms with van der Waals surface area (Å²) in [6.07, 6.45) is 1.26. The van der Waals surface area contributed by atoms with Gasteiger partial charge in [-0.15, -0.1) is 11.8 Å². The topological polar surface area (TPSA) is 123 Å². The number of nitrogens with one attached hydrogen (secondary N) is 2. The van der Waals surface area contributed by atoms with Crippen molar-refractivity contribution in [3.8, 4) is 5.75 Å². The van der Waals surface area contributed by atoms with Gasteiger partial charge in [0.15, 0.2) is 6.61 Å². The smallest absolute Gasteiger partial charge is 0.283 e. The number of nitro groups is 1. The van der Waals surface area contributed by atoms with Gasteiger partial charge < -0.3 is 10.1 Å². The molecule has 0 saturated heterocycles. The summed E-state index contributed by atoms with van der Waals surface area (Å²) < 4.78 is 5.32. The lowest BCUT2D eigenvalue weighted by molar-refractivity contribution is -0.387. The van der Waals surface area contributed by atoms with Crippen molar-refractivity contribution < 1.29 is 19.2 Å². The lowest BCUT2D eigenvalue weighted by atomic mass is 10.1. The number of amides is 2. The van der Waals surface area contributed by atoms with Gasteiger partial charge in [0, 0.05) is 22.3 Å². The molecule has 2 N–H and O–H groups in total. The molecule has 9 nitrogen and oxygen atoms in total. The number of hydrogen-bond donors (Lipinski definition) is 2. The molecule has 4 aromatic carbocycles. The molecule has 0 atom stereocenters. The van der Waals surface area contributed by atoms with Crippen LogP contribution in [0.1, 0.15) is 5.56 Å². The van der Waals surface area contributed by atoms with Crippen LogP contribution in [0.3, 0.4) is 0 Å². The maximum absolute atomic E-state index is 12.5. The predicted octanol–water partition coefficient (Wildman–Crippen LogP) is 6.31. The van der Waals surface area contributed by atoms with Crippen LogP contribution in [0.5, 0.6) is 5.75 Å². The minimum absolute atomic E-state index is 0.0191. The first-order chi connectivity index (χ1) is 18.8. The third-order valence-electron chi connectivity index (χ3n) is 5.23. The summed E-state index contributed by atoms with van der Waals surface area (Å²) in [5.74, 6) is -0.583. The summed E-state index contributed by atoms with van der Waals surface area (Å²) in [7, 11) is 0. The third kappa shape index (κ3) is 7.93. The average molecular weight is 583 g/mol. The molecule has 4 rings (SSSR count). The highest BCUT2D eigenvalue weighted by Gasteiger charge is 2.16. The first-order valence-corrected chi connectivity index (χ1v) is 13.1. The maximum atomic E-state index is 12.5. The maximum Gasteiger partial charge on any atom is 0.283 e. The number of benzene rings is 4. The van der Waals surface area contributed by atoms with E-state index in [0.717, 1.165) is 22.5 Å². The van der Waals surface area contributed by atoms with Crippen LogP contribution in [0, 0.1) is 10.1 Å². The summed E-state index contributed by atoms with van der Waals surface area (Å²) >= 11 is 12.9. The minimum Gasteiger partial charge on any atom is -0.482 e. The van der Waals surface area contributed by atoms with E-state index in [1.54, 1.807) is 18.2 Å². The van der Waals surface area contributed by atoms with E-state index in [0.29, 0.717) is 21.2 Å². The Labute approximate surface area is 237 Å². The van der Waals surface area contributed by atoms with Gasteiger partial charge in [0.2, 0.25) is 5.91 Å². The average Bonchev–Trinajstić information content (AvgIpc) is 2.91. The molecule has 0 bridgehead atoms. The van der Waals surface area contributed by atoms with Crippen molar-refractivity contribution in [2.24, 2.45) is 5.10 Å². The van der Waals surface area contributed by atoms with Gasteiger partial charge in [-0.05, 0) is 47.2 Å². The van der Waals surface area contributed by atoms with Crippen LogP contribution in [0.4, 0.5) is 11.4 Å². The molecular formula is C27H20Cl2N4O5S. The van der Waals surface area contributed by atoms with Crippen molar-refractivity contribution in [1.82, 2.24) is 5.43 Å². The van der Waals surface area contributed by atoms with Gasteiger partial charge in [-0.1, -0.05) is 59.6 Å². The Balaban J connectivity index is 1.31. The van der Waals surface area contributed by atoms with Gasteiger partial charge in [0.25, 0.3) is 11.6 Å². The normalized spacial score (nSPS) is 10.9. The Morgan fingerprint density at radius 3 is 2.54 bits per heavy atom. The van der Waals surface area contributed by atoms with Crippen LogP contribution < -0.4 is 15.5 Å². The molecule has 12 heteroatoms. The molecule has 0 unspecified atom stereocenters. The zero-order valence-corrected chi connectivity index (χ0v) is 22.4. The highest BCUT2D eigenvalue weighted by molar-refractivity contribution is 8.00. The molecule has 0 fully saturated rings. The Morgan fingerprint density at radius 1 is 0.974 bits per heavy atom. The summed E-state index contributed by atoms with van der Waals surface area (Å²) in [5, 5.41) is 21.0. The molecule has 0 aliphatic rings. The van der Waals surface area contributed by atoms with Gasteiger partial charge in [-0.2, -0.15) is 5.10 Å². The number of carbonyl (C=O) groups excluding carboxylic acids is 2. The zero-order chi connectivity index (χ0) is 27.8. The van der Waals surface area contributed by atoms with Gasteiger partial charge in [-0.3, -0.25) is 19.7 Å². The highest BCUT2D eigenvalue weighted by Crippen LogP contribution is 2.30. The van der Waals surface area contributed by atoms with E-state index in [-0.39, 0.29) is 34.7 Å². The number of nitro benzene ring substituents is 1. The fourth-order valence-corrected chi connectivity index (χ4v) is 4.70. The number of carbonyl (C=O) groups is 2. The number of hydrazone groups is 1. The summed E-state index contributed by atoms with van der Waals surface area (Å²) in [6, 6.07) is 22.4. The Hall–Kier alpha value is -4.12. The molecule has 39 heavy (non-hydrogen) atoms. The summed E-state index contributed by atoms with van der Waals surface area (Å²) in [6.45, 7) is -0.352. The molecule has 0 saturated carbocycles. The standard InChI is InChI=1S/C27H20Cl2N4O5S/c28-20-7-9-24(22(29)13-20)38-15-26(34)32-30-14-17-5-10-25(23(11-17)33(36)37)39-16-27(35)31-21-8-6-18-3-1-2-4-19(18)12-21/h1-14H,15-16H2,(H,31,35)(H,32,34)/b30-14-. The van der Waals surface area contributed by atoms with Crippen LogP contribution in [0.15, 0.2) is 88.9 Å². The Morgan fingerprint density at radius 2 is 1.77 bits per heavy atom. The number of nitrogens with zero attached hydrogens (tertiary/aromatic N) is 2. The molecule has 0 aromatic heterocycles. The van der Waals surface area contributed by atoms with E-state index in [9.17, 15) is 19.7 Å². The highest BCUT2D eigenvalue weighted by atomic mass is 35.5. The molecule has 0 radical (unpaired) electrons. The van der Waals surface area contributed by atoms with E-state index >= 15 is 0 Å². The molecule has 0 spiro atoms. The van der Waals surface area contributed by atoms with Crippen molar-refractivity contribution in [3.63, 3.8) is 0 Å². The lowest BCUT2D eigenvalue weighted by Gasteiger charge is -2.08. The van der Waals surface area contributed by atoms with Crippen LogP contribution in [-0.4, -0.2) is 35.3 Å². The zero-order valence-electron chi connectivity index (χ0n) is 20.1. The fraction of sp³-hybridized carbons (Fsp3) is 0.0741. The lowest BCUT2D eigenvalue weighted by Crippen LogP contribution is -2.24. The summed E-state index contributed by atoms with van der Waals surface area (Å²) in [4.78, 5) is 35.9. The monoisotopic (exact) mass is 582 g/mol. The largest absolute Gasteiger partial charge is 0.482 e. The molecule has 0 aliphatic carbocycles. The van der Waals surface area contributed by atoms with E-state index in [1.165, 1.54) is 30.5 Å². The second-order valence-electron chi connectivity index (χ2n) is 8.04. The molecule has 0 heterocycles. The van der Waals surface area contributed by atoms with Crippen LogP contribution in [0.2, 0.25) is 10.0 Å². The SMILES string of the molecule is O=C(COc1ccc(Cl)cc1Cl)N/N=C\c1ccc(SCC(=O)Nc2ccc3ccccc3c2)c([N+](=O)[O-])c1. The molecule has 4 aromatic rings. The Bertz CT molecular complexity index is 1580. The molecule has 0 aliphatic heterocycles. The quantitative estimate of drug-likeness (QED) is 0.0976. The minimum atomic E-state index is -0.559. The van der Waals surface area contributed by atoms with Gasteiger partial charge >= 0.3 is 0 Å². The van der Waals surface area contributed by atoms with E-state index in [2.05, 4.69) is 15.8 Å². The van der Waals surface area contributed by atoms with Crippen molar-refractivity contribution >= 4 is 75.1 Å².